The maximum absolute atomic E-state index is 11.8. The molecule has 5 heteroatoms. The number of hydrogen-bond acceptors (Lipinski definition) is 4. The van der Waals surface area contributed by atoms with Gasteiger partial charge in [-0.2, -0.15) is 0 Å². The molecule has 1 aromatic heterocycles. The van der Waals surface area contributed by atoms with Gasteiger partial charge in [-0.15, -0.1) is 0 Å². The van der Waals surface area contributed by atoms with E-state index in [1.165, 1.54) is 0 Å². The number of benzene rings is 1. The lowest BCUT2D eigenvalue weighted by Gasteiger charge is -2.16. The average molecular weight is 315 g/mol. The summed E-state index contributed by atoms with van der Waals surface area (Å²) >= 11 is 0. The maximum Gasteiger partial charge on any atom is 0.253 e. The predicted octanol–water partition coefficient (Wildman–Crippen LogP) is 2.78. The Kier molecular flexibility index (Phi) is 5.45. The number of aryl methyl sites for hydroxylation is 2. The normalized spacial score (nSPS) is 12.2. The monoisotopic (exact) mass is 315 g/mol. The molecule has 1 heterocycles. The Bertz CT molecular complexity index is 711. The summed E-state index contributed by atoms with van der Waals surface area (Å²) < 4.78 is 7.12. The van der Waals surface area contributed by atoms with Crippen molar-refractivity contribution >= 4 is 11.4 Å². The lowest BCUT2D eigenvalue weighted by Crippen LogP contribution is -2.20. The molecule has 1 atom stereocenters. The molecule has 0 bridgehead atoms. The number of hydrogen-bond donors (Lipinski definition) is 2. The molecule has 0 aliphatic carbocycles. The van der Waals surface area contributed by atoms with Gasteiger partial charge in [-0.25, -0.2) is 0 Å². The van der Waals surface area contributed by atoms with Crippen molar-refractivity contribution in [2.45, 2.75) is 26.9 Å². The van der Waals surface area contributed by atoms with Crippen LogP contribution in [0.4, 0.5) is 11.4 Å². The summed E-state index contributed by atoms with van der Waals surface area (Å²) in [5.74, 6) is 0. The first kappa shape index (κ1) is 17.1. The van der Waals surface area contributed by atoms with Gasteiger partial charge in [-0.05, 0) is 50.1 Å². The fraction of sp³-hybridized carbons (Fsp3) is 0.389. The van der Waals surface area contributed by atoms with Crippen LogP contribution in [0.25, 0.3) is 11.1 Å². The van der Waals surface area contributed by atoms with E-state index >= 15 is 0 Å². The van der Waals surface area contributed by atoms with Crippen LogP contribution in [0, 0.1) is 6.92 Å². The van der Waals surface area contributed by atoms with Crippen molar-refractivity contribution in [3.8, 4) is 11.1 Å². The number of pyridine rings is 1. The first-order valence-corrected chi connectivity index (χ1v) is 7.85. The second kappa shape index (κ2) is 7.33. The van der Waals surface area contributed by atoms with Crippen LogP contribution >= 0.6 is 0 Å². The first-order chi connectivity index (χ1) is 10.9. The van der Waals surface area contributed by atoms with Crippen LogP contribution in [-0.2, 0) is 11.8 Å². The Morgan fingerprint density at radius 1 is 1.30 bits per heavy atom. The highest BCUT2D eigenvalue weighted by molar-refractivity contribution is 5.76. The van der Waals surface area contributed by atoms with Crippen molar-refractivity contribution in [1.29, 1.82) is 0 Å². The molecule has 0 saturated heterocycles. The number of nitrogen functional groups attached to an aromatic ring is 1. The molecule has 0 spiro atoms. The quantitative estimate of drug-likeness (QED) is 0.804. The van der Waals surface area contributed by atoms with Crippen LogP contribution in [0.2, 0.25) is 0 Å². The van der Waals surface area contributed by atoms with Gasteiger partial charge in [0, 0.05) is 32.0 Å². The van der Waals surface area contributed by atoms with Crippen LogP contribution in [0.1, 0.15) is 19.4 Å². The van der Waals surface area contributed by atoms with E-state index in [0.29, 0.717) is 18.8 Å². The van der Waals surface area contributed by atoms with Crippen molar-refractivity contribution in [2.24, 2.45) is 7.05 Å². The Hall–Kier alpha value is -2.27. The molecule has 5 nitrogen and oxygen atoms in total. The number of nitrogens with zero attached hydrogens (tertiary/aromatic N) is 1. The lowest BCUT2D eigenvalue weighted by atomic mass is 10.0. The summed E-state index contributed by atoms with van der Waals surface area (Å²) in [5, 5.41) is 3.33. The molecule has 0 fully saturated rings. The highest BCUT2D eigenvalue weighted by atomic mass is 16.5. The van der Waals surface area contributed by atoms with Gasteiger partial charge in [0.15, 0.2) is 0 Å². The Morgan fingerprint density at radius 3 is 2.70 bits per heavy atom. The Morgan fingerprint density at radius 2 is 2.04 bits per heavy atom. The largest absolute Gasteiger partial charge is 0.397 e. The zero-order valence-corrected chi connectivity index (χ0v) is 14.2. The van der Waals surface area contributed by atoms with Crippen molar-refractivity contribution < 1.29 is 4.74 Å². The van der Waals surface area contributed by atoms with Crippen LogP contribution in [-0.4, -0.2) is 23.8 Å². The second-order valence-electron chi connectivity index (χ2n) is 5.78. The number of nitrogens with one attached hydrogen (secondary N) is 1. The van der Waals surface area contributed by atoms with E-state index in [0.717, 1.165) is 22.4 Å². The summed E-state index contributed by atoms with van der Waals surface area (Å²) in [7, 11) is 1.76. The standard InChI is InChI=1S/C18H25N3O2/c1-5-23-13(3)10-20-17-9-14(6-7-16(17)19)15-8-12(2)18(22)21(4)11-15/h6-9,11,13,20H,5,10,19H2,1-4H3/t13-/m0/s1. The third-order valence-electron chi connectivity index (χ3n) is 3.78. The van der Waals surface area contributed by atoms with Crippen LogP contribution in [0.3, 0.4) is 0 Å². The molecule has 2 aromatic rings. The summed E-state index contributed by atoms with van der Waals surface area (Å²) in [5.41, 5.74) is 10.4. The van der Waals surface area contributed by atoms with E-state index in [1.807, 2.05) is 51.2 Å². The van der Waals surface area contributed by atoms with E-state index in [-0.39, 0.29) is 11.7 Å². The molecule has 0 radical (unpaired) electrons. The van der Waals surface area contributed by atoms with Crippen molar-refractivity contribution in [3.63, 3.8) is 0 Å². The van der Waals surface area contributed by atoms with Gasteiger partial charge in [0.05, 0.1) is 17.5 Å². The van der Waals surface area contributed by atoms with Crippen molar-refractivity contribution in [2.75, 3.05) is 24.2 Å². The van der Waals surface area contributed by atoms with Gasteiger partial charge in [-0.1, -0.05) is 6.07 Å². The molecule has 0 saturated carbocycles. The third-order valence-corrected chi connectivity index (χ3v) is 3.78. The van der Waals surface area contributed by atoms with Crippen molar-refractivity contribution in [1.82, 2.24) is 4.57 Å². The van der Waals surface area contributed by atoms with E-state index in [2.05, 4.69) is 5.32 Å². The number of anilines is 2. The fourth-order valence-corrected chi connectivity index (χ4v) is 2.52. The lowest BCUT2D eigenvalue weighted by molar-refractivity contribution is 0.0855. The van der Waals surface area contributed by atoms with Gasteiger partial charge in [0.1, 0.15) is 0 Å². The summed E-state index contributed by atoms with van der Waals surface area (Å²) in [4.78, 5) is 11.8. The van der Waals surface area contributed by atoms with Crippen LogP contribution in [0.5, 0.6) is 0 Å². The van der Waals surface area contributed by atoms with Gasteiger partial charge in [0.2, 0.25) is 0 Å². The summed E-state index contributed by atoms with van der Waals surface area (Å²) in [6, 6.07) is 7.75. The minimum Gasteiger partial charge on any atom is -0.397 e. The molecule has 23 heavy (non-hydrogen) atoms. The Labute approximate surface area is 137 Å². The van der Waals surface area contributed by atoms with E-state index in [4.69, 9.17) is 10.5 Å². The third kappa shape index (κ3) is 4.13. The first-order valence-electron chi connectivity index (χ1n) is 7.85. The smallest absolute Gasteiger partial charge is 0.253 e. The zero-order valence-electron chi connectivity index (χ0n) is 14.2. The van der Waals surface area contributed by atoms with E-state index in [9.17, 15) is 4.79 Å². The molecule has 0 amide bonds. The average Bonchev–Trinajstić information content (AvgIpc) is 2.51. The molecule has 3 N–H and O–H groups in total. The minimum absolute atomic E-state index is 0.0214. The molecular weight excluding hydrogens is 290 g/mol. The number of nitrogens with two attached hydrogens (primary N) is 1. The molecule has 0 aliphatic rings. The fourth-order valence-electron chi connectivity index (χ4n) is 2.52. The predicted molar refractivity (Wildman–Crippen MR) is 95.8 cm³/mol. The highest BCUT2D eigenvalue weighted by Gasteiger charge is 2.08. The van der Waals surface area contributed by atoms with Gasteiger partial charge in [-0.3, -0.25) is 4.79 Å². The number of aromatic nitrogens is 1. The van der Waals surface area contributed by atoms with Crippen LogP contribution in [0.15, 0.2) is 35.3 Å². The number of ether oxygens (including phenoxy) is 1. The zero-order chi connectivity index (χ0) is 17.0. The van der Waals surface area contributed by atoms with E-state index in [1.54, 1.807) is 11.6 Å². The summed E-state index contributed by atoms with van der Waals surface area (Å²) in [6.07, 6.45) is 1.95. The molecule has 0 unspecified atom stereocenters. The minimum atomic E-state index is 0.0214. The number of rotatable bonds is 6. The van der Waals surface area contributed by atoms with E-state index < -0.39 is 0 Å². The second-order valence-corrected chi connectivity index (χ2v) is 5.78. The molecule has 0 aliphatic heterocycles. The SMILES string of the molecule is CCO[C@@H](C)CNc1cc(-c2cc(C)c(=O)n(C)c2)ccc1N. The maximum atomic E-state index is 11.8. The van der Waals surface area contributed by atoms with Gasteiger partial charge < -0.3 is 20.4 Å². The topological polar surface area (TPSA) is 69.3 Å². The highest BCUT2D eigenvalue weighted by Crippen LogP contribution is 2.27. The van der Waals surface area contributed by atoms with Gasteiger partial charge >= 0.3 is 0 Å². The molecule has 1 aromatic carbocycles. The molecular formula is C18H25N3O2. The molecule has 124 valence electrons. The Balaban J connectivity index is 2.28. The molecule has 2 rings (SSSR count). The van der Waals surface area contributed by atoms with Gasteiger partial charge in [0.25, 0.3) is 5.56 Å². The summed E-state index contributed by atoms with van der Waals surface area (Å²) in [6.45, 7) is 7.20. The van der Waals surface area contributed by atoms with Crippen molar-refractivity contribution in [3.05, 3.63) is 46.4 Å². The van der Waals surface area contributed by atoms with Crippen LogP contribution < -0.4 is 16.6 Å².